The second-order valence-corrected chi connectivity index (χ2v) is 4.22. The van der Waals surface area contributed by atoms with Gasteiger partial charge in [-0.3, -0.25) is 4.79 Å². The van der Waals surface area contributed by atoms with Gasteiger partial charge in [0.25, 0.3) is 5.91 Å². The third kappa shape index (κ3) is 3.59. The zero-order chi connectivity index (χ0) is 13.7. The van der Waals surface area contributed by atoms with Crippen LogP contribution in [0.1, 0.15) is 23.0 Å². The molecule has 0 fully saturated rings. The highest BCUT2D eigenvalue weighted by molar-refractivity contribution is 6.29. The highest BCUT2D eigenvalue weighted by Gasteiger charge is 2.12. The number of rotatable bonds is 5. The summed E-state index contributed by atoms with van der Waals surface area (Å²) in [7, 11) is 0. The van der Waals surface area contributed by atoms with Crippen LogP contribution in [0, 0.1) is 0 Å². The quantitative estimate of drug-likeness (QED) is 0.907. The molecule has 0 unspecified atom stereocenters. The number of nitrogens with one attached hydrogen (secondary N) is 1. The maximum Gasteiger partial charge on any atom is 0.291 e. The van der Waals surface area contributed by atoms with Crippen LogP contribution in [0.3, 0.4) is 0 Å². The summed E-state index contributed by atoms with van der Waals surface area (Å²) in [5.74, 6) is -0.160. The minimum Gasteiger partial charge on any atom is -0.440 e. The molecule has 4 nitrogen and oxygen atoms in total. The summed E-state index contributed by atoms with van der Waals surface area (Å²) in [6.07, 6.45) is 0. The van der Waals surface area contributed by atoms with Crippen molar-refractivity contribution in [1.82, 2.24) is 0 Å². The third-order valence-electron chi connectivity index (χ3n) is 2.52. The normalized spacial score (nSPS) is 10.4. The summed E-state index contributed by atoms with van der Waals surface area (Å²) < 4.78 is 10.4. The number of carbonyl (C=O) groups excluding carboxylic acids is 1. The minimum atomic E-state index is -0.337. The summed E-state index contributed by atoms with van der Waals surface area (Å²) in [5.41, 5.74) is 1.61. The van der Waals surface area contributed by atoms with Crippen LogP contribution in [0.2, 0.25) is 5.22 Å². The van der Waals surface area contributed by atoms with Crippen molar-refractivity contribution in [3.63, 3.8) is 0 Å². The van der Waals surface area contributed by atoms with Gasteiger partial charge in [0.2, 0.25) is 0 Å². The average molecular weight is 280 g/mol. The number of furan rings is 1. The standard InChI is InChI=1S/C14H14ClNO3/c1-2-18-9-10-5-3-4-6-11(10)16-14(17)12-7-8-13(15)19-12/h3-8H,2,9H2,1H3,(H,16,17). The Morgan fingerprint density at radius 3 is 2.79 bits per heavy atom. The Morgan fingerprint density at radius 2 is 2.11 bits per heavy atom. The fourth-order valence-electron chi connectivity index (χ4n) is 1.60. The molecule has 0 aliphatic heterocycles. The van der Waals surface area contributed by atoms with Crippen molar-refractivity contribution in [2.45, 2.75) is 13.5 Å². The Bertz CT molecular complexity index is 565. The Morgan fingerprint density at radius 1 is 1.32 bits per heavy atom. The summed E-state index contributed by atoms with van der Waals surface area (Å²) >= 11 is 5.64. The van der Waals surface area contributed by atoms with Gasteiger partial charge in [-0.15, -0.1) is 0 Å². The molecule has 1 amide bonds. The van der Waals surface area contributed by atoms with Gasteiger partial charge in [0.1, 0.15) is 0 Å². The van der Waals surface area contributed by atoms with Crippen LogP contribution in [0.25, 0.3) is 0 Å². The molecule has 1 aromatic carbocycles. The van der Waals surface area contributed by atoms with Crippen LogP contribution in [-0.4, -0.2) is 12.5 Å². The zero-order valence-corrected chi connectivity index (χ0v) is 11.2. The van der Waals surface area contributed by atoms with Crippen LogP contribution in [-0.2, 0) is 11.3 Å². The largest absolute Gasteiger partial charge is 0.440 e. The monoisotopic (exact) mass is 279 g/mol. The Hall–Kier alpha value is -1.78. The van der Waals surface area contributed by atoms with E-state index in [4.69, 9.17) is 20.8 Å². The molecular weight excluding hydrogens is 266 g/mol. The predicted octanol–water partition coefficient (Wildman–Crippen LogP) is 3.72. The molecule has 0 saturated heterocycles. The summed E-state index contributed by atoms with van der Waals surface area (Å²) in [6.45, 7) is 2.99. The molecule has 1 N–H and O–H groups in total. The van der Waals surface area contributed by atoms with E-state index in [0.717, 1.165) is 5.56 Å². The maximum atomic E-state index is 11.9. The van der Waals surface area contributed by atoms with Crippen molar-refractivity contribution >= 4 is 23.2 Å². The fourth-order valence-corrected chi connectivity index (χ4v) is 1.75. The number of hydrogen-bond acceptors (Lipinski definition) is 3. The van der Waals surface area contributed by atoms with Crippen LogP contribution >= 0.6 is 11.6 Å². The second-order valence-electron chi connectivity index (χ2n) is 3.85. The van der Waals surface area contributed by atoms with E-state index < -0.39 is 0 Å². The van der Waals surface area contributed by atoms with E-state index in [1.165, 1.54) is 12.1 Å². The number of benzene rings is 1. The molecule has 0 radical (unpaired) electrons. The van der Waals surface area contributed by atoms with Crippen molar-refractivity contribution in [3.8, 4) is 0 Å². The van der Waals surface area contributed by atoms with Crippen molar-refractivity contribution < 1.29 is 13.9 Å². The smallest absolute Gasteiger partial charge is 0.291 e. The molecule has 0 aliphatic carbocycles. The van der Waals surface area contributed by atoms with Gasteiger partial charge in [0, 0.05) is 17.9 Å². The number of halogens is 1. The summed E-state index contributed by atoms with van der Waals surface area (Å²) in [4.78, 5) is 11.9. The fraction of sp³-hybridized carbons (Fsp3) is 0.214. The number of anilines is 1. The molecule has 0 bridgehead atoms. The molecule has 1 aromatic heterocycles. The first-order valence-corrected chi connectivity index (χ1v) is 6.31. The van der Waals surface area contributed by atoms with Crippen molar-refractivity contribution in [2.75, 3.05) is 11.9 Å². The molecular formula is C14H14ClNO3. The highest BCUT2D eigenvalue weighted by Crippen LogP contribution is 2.19. The van der Waals surface area contributed by atoms with Gasteiger partial charge >= 0.3 is 0 Å². The predicted molar refractivity (Wildman–Crippen MR) is 73.4 cm³/mol. The lowest BCUT2D eigenvalue weighted by Gasteiger charge is -2.09. The van der Waals surface area contributed by atoms with Crippen LogP contribution < -0.4 is 5.32 Å². The summed E-state index contributed by atoms with van der Waals surface area (Å²) in [6, 6.07) is 10.5. The van der Waals surface area contributed by atoms with E-state index in [9.17, 15) is 4.79 Å². The summed E-state index contributed by atoms with van der Waals surface area (Å²) in [5, 5.41) is 2.97. The number of ether oxygens (including phenoxy) is 1. The van der Waals surface area contributed by atoms with Crippen LogP contribution in [0.4, 0.5) is 5.69 Å². The van der Waals surface area contributed by atoms with E-state index in [1.54, 1.807) is 0 Å². The van der Waals surface area contributed by atoms with Crippen molar-refractivity contribution in [3.05, 3.63) is 52.9 Å². The van der Waals surface area contributed by atoms with Gasteiger partial charge in [-0.1, -0.05) is 18.2 Å². The molecule has 19 heavy (non-hydrogen) atoms. The lowest BCUT2D eigenvalue weighted by molar-refractivity contribution is 0.0996. The molecule has 2 rings (SSSR count). The van der Waals surface area contributed by atoms with E-state index in [-0.39, 0.29) is 16.9 Å². The van der Waals surface area contributed by atoms with Crippen molar-refractivity contribution in [1.29, 1.82) is 0 Å². The molecule has 5 heteroatoms. The number of amides is 1. The molecule has 100 valence electrons. The van der Waals surface area contributed by atoms with Crippen LogP contribution in [0.15, 0.2) is 40.8 Å². The first-order chi connectivity index (χ1) is 9.20. The number of para-hydroxylation sites is 1. The number of carbonyl (C=O) groups is 1. The average Bonchev–Trinajstić information content (AvgIpc) is 2.84. The van der Waals surface area contributed by atoms with Gasteiger partial charge < -0.3 is 14.5 Å². The minimum absolute atomic E-state index is 0.177. The first kappa shape index (κ1) is 13.6. The third-order valence-corrected chi connectivity index (χ3v) is 2.73. The Kier molecular flexibility index (Phi) is 4.60. The number of hydrogen-bond donors (Lipinski definition) is 1. The van der Waals surface area contributed by atoms with Gasteiger partial charge in [-0.25, -0.2) is 0 Å². The molecule has 0 aliphatic rings. The van der Waals surface area contributed by atoms with E-state index in [2.05, 4.69) is 5.32 Å². The zero-order valence-electron chi connectivity index (χ0n) is 10.5. The molecule has 0 saturated carbocycles. The molecule has 1 heterocycles. The molecule has 0 atom stereocenters. The van der Waals surface area contributed by atoms with E-state index in [0.29, 0.717) is 18.9 Å². The topological polar surface area (TPSA) is 51.5 Å². The molecule has 2 aromatic rings. The van der Waals surface area contributed by atoms with Crippen LogP contribution in [0.5, 0.6) is 0 Å². The Labute approximate surface area is 116 Å². The van der Waals surface area contributed by atoms with Gasteiger partial charge in [-0.05, 0) is 36.7 Å². The second kappa shape index (κ2) is 6.41. The van der Waals surface area contributed by atoms with E-state index in [1.807, 2.05) is 31.2 Å². The van der Waals surface area contributed by atoms with Crippen molar-refractivity contribution in [2.24, 2.45) is 0 Å². The van der Waals surface area contributed by atoms with Gasteiger partial charge in [0.05, 0.1) is 6.61 Å². The Balaban J connectivity index is 2.12. The first-order valence-electron chi connectivity index (χ1n) is 5.93. The van der Waals surface area contributed by atoms with Gasteiger partial charge in [0.15, 0.2) is 11.0 Å². The molecule has 0 spiro atoms. The van der Waals surface area contributed by atoms with E-state index >= 15 is 0 Å². The lowest BCUT2D eigenvalue weighted by atomic mass is 10.2. The lowest BCUT2D eigenvalue weighted by Crippen LogP contribution is -2.12. The highest BCUT2D eigenvalue weighted by atomic mass is 35.5. The SMILES string of the molecule is CCOCc1ccccc1NC(=O)c1ccc(Cl)o1. The maximum absolute atomic E-state index is 11.9. The van der Waals surface area contributed by atoms with Gasteiger partial charge in [-0.2, -0.15) is 0 Å².